The lowest BCUT2D eigenvalue weighted by Gasteiger charge is -2.22. The van der Waals surface area contributed by atoms with E-state index in [1.54, 1.807) is 25.3 Å². The summed E-state index contributed by atoms with van der Waals surface area (Å²) in [5.74, 6) is 1.06. The second-order valence-corrected chi connectivity index (χ2v) is 6.17. The number of hydrogen-bond donors (Lipinski definition) is 2. The predicted octanol–water partition coefficient (Wildman–Crippen LogP) is 0.692. The minimum atomic E-state index is -0.825. The van der Waals surface area contributed by atoms with Crippen LogP contribution in [0.5, 0.6) is 11.5 Å². The molecule has 2 amide bonds. The van der Waals surface area contributed by atoms with Crippen molar-refractivity contribution in [1.29, 1.82) is 0 Å². The number of aromatic nitrogens is 3. The lowest BCUT2D eigenvalue weighted by molar-refractivity contribution is -0.125. The number of fused-ring (bicyclic) bond motifs is 2. The first-order chi connectivity index (χ1) is 13.6. The molecular weight excluding hydrogens is 370 g/mol. The molecule has 0 saturated carbocycles. The Morgan fingerprint density at radius 1 is 1.36 bits per heavy atom. The lowest BCUT2D eigenvalue weighted by atomic mass is 10.1. The van der Waals surface area contributed by atoms with Gasteiger partial charge in [0.1, 0.15) is 12.6 Å². The van der Waals surface area contributed by atoms with E-state index in [9.17, 15) is 9.59 Å². The van der Waals surface area contributed by atoms with E-state index < -0.39 is 6.04 Å². The van der Waals surface area contributed by atoms with Gasteiger partial charge in [-0.1, -0.05) is 0 Å². The lowest BCUT2D eigenvalue weighted by Crippen LogP contribution is -2.36. The topological polar surface area (TPSA) is 126 Å². The Morgan fingerprint density at radius 3 is 3.07 bits per heavy atom. The zero-order valence-electron chi connectivity index (χ0n) is 15.1. The van der Waals surface area contributed by atoms with Crippen molar-refractivity contribution in [2.45, 2.75) is 19.1 Å². The Morgan fingerprint density at radius 2 is 2.21 bits per heavy atom. The van der Waals surface area contributed by atoms with E-state index in [1.807, 2.05) is 0 Å². The number of nitrogens with one attached hydrogen (secondary N) is 2. The fourth-order valence-corrected chi connectivity index (χ4v) is 2.88. The second kappa shape index (κ2) is 7.82. The van der Waals surface area contributed by atoms with Crippen LogP contribution in [0.25, 0.3) is 0 Å². The van der Waals surface area contributed by atoms with E-state index in [0.29, 0.717) is 36.2 Å². The molecule has 0 spiro atoms. The third-order valence-electron chi connectivity index (χ3n) is 4.21. The predicted molar refractivity (Wildman–Crippen MR) is 95.0 cm³/mol. The van der Waals surface area contributed by atoms with E-state index in [2.05, 4.69) is 20.7 Å². The number of carbonyl (C=O) groups excluding carboxylic acids is 2. The molecule has 28 heavy (non-hydrogen) atoms. The maximum absolute atomic E-state index is 12.8. The highest BCUT2D eigenvalue weighted by Crippen LogP contribution is 2.34. The highest BCUT2D eigenvalue weighted by atomic mass is 16.7. The van der Waals surface area contributed by atoms with Gasteiger partial charge in [0.25, 0.3) is 0 Å². The summed E-state index contributed by atoms with van der Waals surface area (Å²) in [6.45, 7) is 1.13. The van der Waals surface area contributed by atoms with E-state index in [-0.39, 0.29) is 37.6 Å². The van der Waals surface area contributed by atoms with E-state index in [0.717, 1.165) is 0 Å². The van der Waals surface area contributed by atoms with Gasteiger partial charge in [0.05, 0.1) is 19.6 Å². The van der Waals surface area contributed by atoms with Gasteiger partial charge in [-0.05, 0) is 12.1 Å². The van der Waals surface area contributed by atoms with Crippen molar-refractivity contribution in [2.75, 3.05) is 37.8 Å². The average molecular weight is 389 g/mol. The average Bonchev–Trinajstić information content (AvgIpc) is 3.30. The highest BCUT2D eigenvalue weighted by Gasteiger charge is 2.33. The van der Waals surface area contributed by atoms with Crippen LogP contribution in [0.1, 0.15) is 18.3 Å². The van der Waals surface area contributed by atoms with Gasteiger partial charge < -0.3 is 24.3 Å². The molecule has 0 bridgehead atoms. The van der Waals surface area contributed by atoms with Crippen LogP contribution in [0.2, 0.25) is 0 Å². The summed E-state index contributed by atoms with van der Waals surface area (Å²) in [6, 6.07) is 4.25. The molecular formula is C17H19N5O6. The van der Waals surface area contributed by atoms with Gasteiger partial charge in [0.15, 0.2) is 17.3 Å². The summed E-state index contributed by atoms with van der Waals surface area (Å²) >= 11 is 0. The molecule has 2 aliphatic rings. The molecule has 1 atom stereocenters. The number of anilines is 2. The van der Waals surface area contributed by atoms with Crippen LogP contribution in [-0.2, 0) is 25.7 Å². The molecule has 3 heterocycles. The van der Waals surface area contributed by atoms with Crippen molar-refractivity contribution in [2.24, 2.45) is 0 Å². The fourth-order valence-electron chi connectivity index (χ4n) is 2.88. The zero-order chi connectivity index (χ0) is 19.5. The number of benzene rings is 1. The first-order valence-electron chi connectivity index (χ1n) is 8.66. The normalized spacial score (nSPS) is 17.2. The minimum absolute atomic E-state index is 0.0449. The van der Waals surface area contributed by atoms with Gasteiger partial charge in [-0.25, -0.2) is 4.68 Å². The molecule has 1 aromatic heterocycles. The summed E-state index contributed by atoms with van der Waals surface area (Å²) in [5, 5.41) is 9.70. The number of amides is 2. The van der Waals surface area contributed by atoms with Crippen LogP contribution >= 0.6 is 0 Å². The molecule has 2 aromatic rings. The Kier molecular flexibility index (Phi) is 5.08. The summed E-state index contributed by atoms with van der Waals surface area (Å²) in [6.07, 6.45) is -0.0449. The standard InChI is InChI=1S/C17H19N5O6/c1-25-4-5-26-8-14-19-17-20-15(23)7-11(22(17)21-14)16(24)18-10-2-3-12-13(6-10)28-9-27-12/h2-3,6,11H,4-5,7-9H2,1H3,(H,18,24)(H,19,20,21,23)/t11-/m1/s1. The maximum atomic E-state index is 12.8. The first-order valence-corrected chi connectivity index (χ1v) is 8.66. The highest BCUT2D eigenvalue weighted by molar-refractivity contribution is 6.00. The number of rotatable bonds is 7. The Hall–Kier alpha value is -3.18. The molecule has 0 radical (unpaired) electrons. The smallest absolute Gasteiger partial charge is 0.249 e. The number of nitrogens with zero attached hydrogens (tertiary/aromatic N) is 3. The van der Waals surface area contributed by atoms with Crippen LogP contribution in [0.3, 0.4) is 0 Å². The van der Waals surface area contributed by atoms with Gasteiger partial charge in [-0.2, -0.15) is 10.1 Å². The summed E-state index contributed by atoms with van der Waals surface area (Å²) in [4.78, 5) is 29.0. The monoisotopic (exact) mass is 389 g/mol. The van der Waals surface area contributed by atoms with Gasteiger partial charge in [-0.3, -0.25) is 14.9 Å². The second-order valence-electron chi connectivity index (χ2n) is 6.17. The third-order valence-corrected chi connectivity index (χ3v) is 4.21. The largest absolute Gasteiger partial charge is 0.454 e. The molecule has 0 aliphatic carbocycles. The van der Waals surface area contributed by atoms with Gasteiger partial charge in [-0.15, -0.1) is 0 Å². The molecule has 0 saturated heterocycles. The van der Waals surface area contributed by atoms with Crippen molar-refractivity contribution >= 4 is 23.5 Å². The van der Waals surface area contributed by atoms with Crippen molar-refractivity contribution in [3.8, 4) is 11.5 Å². The minimum Gasteiger partial charge on any atom is -0.454 e. The number of methoxy groups -OCH3 is 1. The number of carbonyl (C=O) groups is 2. The van der Waals surface area contributed by atoms with Crippen molar-refractivity contribution in [3.05, 3.63) is 24.0 Å². The zero-order valence-corrected chi connectivity index (χ0v) is 15.1. The van der Waals surface area contributed by atoms with Crippen LogP contribution in [-0.4, -0.2) is 53.7 Å². The van der Waals surface area contributed by atoms with Crippen LogP contribution in [0.4, 0.5) is 11.6 Å². The molecule has 148 valence electrons. The summed E-state index contributed by atoms with van der Waals surface area (Å²) < 4.78 is 22.3. The third kappa shape index (κ3) is 3.75. The van der Waals surface area contributed by atoms with E-state index in [4.69, 9.17) is 18.9 Å². The Balaban J connectivity index is 1.48. The maximum Gasteiger partial charge on any atom is 0.249 e. The van der Waals surface area contributed by atoms with Crippen LogP contribution in [0.15, 0.2) is 18.2 Å². The molecule has 11 nitrogen and oxygen atoms in total. The first kappa shape index (κ1) is 18.2. The van der Waals surface area contributed by atoms with Crippen molar-refractivity contribution in [3.63, 3.8) is 0 Å². The van der Waals surface area contributed by atoms with Gasteiger partial charge in [0.2, 0.25) is 24.6 Å². The SMILES string of the molecule is COCCOCc1nc2n(n1)[C@@H](C(=O)Nc1ccc3c(c1)OCO3)CC(=O)N2. The van der Waals surface area contributed by atoms with Gasteiger partial charge in [0, 0.05) is 18.9 Å². The molecule has 4 rings (SSSR count). The van der Waals surface area contributed by atoms with Crippen molar-refractivity contribution in [1.82, 2.24) is 14.8 Å². The fraction of sp³-hybridized carbons (Fsp3) is 0.412. The Bertz CT molecular complexity index is 898. The summed E-state index contributed by atoms with van der Waals surface area (Å²) in [5.41, 5.74) is 0.532. The molecule has 0 fully saturated rings. The molecule has 0 unspecified atom stereocenters. The van der Waals surface area contributed by atoms with Crippen LogP contribution < -0.4 is 20.1 Å². The van der Waals surface area contributed by atoms with E-state index >= 15 is 0 Å². The van der Waals surface area contributed by atoms with Crippen molar-refractivity contribution < 1.29 is 28.5 Å². The van der Waals surface area contributed by atoms with E-state index in [1.165, 1.54) is 4.68 Å². The summed E-state index contributed by atoms with van der Waals surface area (Å²) in [7, 11) is 1.58. The van der Waals surface area contributed by atoms with Gasteiger partial charge >= 0.3 is 0 Å². The molecule has 1 aromatic carbocycles. The molecule has 2 aliphatic heterocycles. The van der Waals surface area contributed by atoms with Crippen LogP contribution in [0, 0.1) is 0 Å². The number of hydrogen-bond acceptors (Lipinski definition) is 8. The molecule has 11 heteroatoms. The number of ether oxygens (including phenoxy) is 4. The molecule has 2 N–H and O–H groups in total. The quantitative estimate of drug-likeness (QED) is 0.663. The Labute approximate surface area is 159 Å².